The SMILES string of the molecule is N/C=C(\C=C/Cc1ccc(-n2c3c(c4ccccc42)-c2ccccc2N(c2ccccc2)c2ccccc2-3)cc1)n1c2c(c3ccccc31)-c1ccccc1N(c1ccccc1)c1ccccc1-2. The Balaban J connectivity index is 0.900. The first-order valence-electron chi connectivity index (χ1n) is 23.3. The van der Waals surface area contributed by atoms with Gasteiger partial charge >= 0.3 is 0 Å². The molecule has 0 fully saturated rings. The number of allylic oxidation sites excluding steroid dienone is 3. The van der Waals surface area contributed by atoms with Gasteiger partial charge in [0, 0.05) is 67.4 Å². The normalized spacial score (nSPS) is 12.8. The van der Waals surface area contributed by atoms with Crippen molar-refractivity contribution in [1.82, 2.24) is 9.13 Å². The summed E-state index contributed by atoms with van der Waals surface area (Å²) in [5, 5.41) is 2.40. The lowest BCUT2D eigenvalue weighted by Crippen LogP contribution is -2.11. The van der Waals surface area contributed by atoms with Crippen LogP contribution in [0.25, 0.3) is 78.0 Å². The number of aromatic nitrogens is 2. The zero-order valence-corrected chi connectivity index (χ0v) is 37.2. The quantitative estimate of drug-likeness (QED) is 0.162. The van der Waals surface area contributed by atoms with Crippen LogP contribution in [0, 0.1) is 0 Å². The summed E-state index contributed by atoms with van der Waals surface area (Å²) in [5.74, 6) is 0. The fourth-order valence-corrected chi connectivity index (χ4v) is 10.8. The molecule has 0 bridgehead atoms. The Bertz CT molecular complexity index is 3780. The van der Waals surface area contributed by atoms with Gasteiger partial charge in [0.15, 0.2) is 0 Å². The van der Waals surface area contributed by atoms with Gasteiger partial charge in [-0.15, -0.1) is 0 Å². The van der Waals surface area contributed by atoms with Gasteiger partial charge in [-0.1, -0.05) is 164 Å². The molecule has 9 aromatic carbocycles. The molecule has 68 heavy (non-hydrogen) atoms. The van der Waals surface area contributed by atoms with E-state index in [1.165, 1.54) is 55.4 Å². The van der Waals surface area contributed by atoms with E-state index in [1.54, 1.807) is 6.20 Å². The van der Waals surface area contributed by atoms with E-state index in [1.807, 2.05) is 0 Å². The lowest BCUT2D eigenvalue weighted by atomic mass is 9.98. The van der Waals surface area contributed by atoms with Crippen molar-refractivity contribution in [2.45, 2.75) is 6.42 Å². The Morgan fingerprint density at radius 1 is 0.382 bits per heavy atom. The Hall–Kier alpha value is -9.06. The van der Waals surface area contributed by atoms with Gasteiger partial charge in [0.05, 0.1) is 50.9 Å². The molecule has 0 saturated heterocycles. The third-order valence-corrected chi connectivity index (χ3v) is 13.7. The second-order valence-corrected chi connectivity index (χ2v) is 17.4. The molecule has 13 rings (SSSR count). The lowest BCUT2D eigenvalue weighted by molar-refractivity contribution is 1.12. The Kier molecular flexibility index (Phi) is 9.32. The van der Waals surface area contributed by atoms with Crippen LogP contribution in [0.1, 0.15) is 5.56 Å². The summed E-state index contributed by atoms with van der Waals surface area (Å²) in [7, 11) is 0. The van der Waals surface area contributed by atoms with Gasteiger partial charge in [0.25, 0.3) is 0 Å². The third-order valence-electron chi connectivity index (χ3n) is 13.7. The zero-order chi connectivity index (χ0) is 45.1. The van der Waals surface area contributed by atoms with Crippen molar-refractivity contribution in [3.8, 4) is 50.5 Å². The predicted octanol–water partition coefficient (Wildman–Crippen LogP) is 16.4. The molecule has 5 nitrogen and oxygen atoms in total. The van der Waals surface area contributed by atoms with Gasteiger partial charge < -0.3 is 24.7 Å². The average Bonchev–Trinajstić information content (AvgIpc) is 3.84. The predicted molar refractivity (Wildman–Crippen MR) is 285 cm³/mol. The van der Waals surface area contributed by atoms with E-state index in [-0.39, 0.29) is 0 Å². The minimum atomic E-state index is 0.729. The monoisotopic (exact) mass is 871 g/mol. The molecule has 11 aromatic rings. The van der Waals surface area contributed by atoms with Gasteiger partial charge in [0.1, 0.15) is 0 Å². The van der Waals surface area contributed by atoms with Crippen LogP contribution in [0.15, 0.2) is 249 Å². The van der Waals surface area contributed by atoms with E-state index in [2.05, 4.69) is 262 Å². The van der Waals surface area contributed by atoms with Crippen LogP contribution in [0.5, 0.6) is 0 Å². The molecule has 0 atom stereocenters. The molecule has 0 unspecified atom stereocenters. The summed E-state index contributed by atoms with van der Waals surface area (Å²) < 4.78 is 4.81. The highest BCUT2D eigenvalue weighted by molar-refractivity contribution is 6.15. The molecule has 0 aliphatic carbocycles. The first-order chi connectivity index (χ1) is 33.8. The number of hydrogen-bond acceptors (Lipinski definition) is 3. The topological polar surface area (TPSA) is 42.4 Å². The maximum absolute atomic E-state index is 6.68. The summed E-state index contributed by atoms with van der Waals surface area (Å²) >= 11 is 0. The fourth-order valence-electron chi connectivity index (χ4n) is 10.8. The summed E-state index contributed by atoms with van der Waals surface area (Å²) in [5.41, 5.74) is 28.4. The molecule has 0 radical (unpaired) electrons. The number of hydrogen-bond donors (Lipinski definition) is 1. The number of benzene rings is 9. The molecule has 322 valence electrons. The number of nitrogens with two attached hydrogens (primary N) is 1. The molecule has 0 saturated carbocycles. The van der Waals surface area contributed by atoms with Crippen LogP contribution in [0.2, 0.25) is 0 Å². The van der Waals surface area contributed by atoms with Crippen molar-refractivity contribution in [3.05, 3.63) is 254 Å². The average molecular weight is 872 g/mol. The van der Waals surface area contributed by atoms with Crippen LogP contribution >= 0.6 is 0 Å². The molecular weight excluding hydrogens is 827 g/mol. The van der Waals surface area contributed by atoms with E-state index < -0.39 is 0 Å². The van der Waals surface area contributed by atoms with Crippen LogP contribution in [-0.2, 0) is 6.42 Å². The van der Waals surface area contributed by atoms with Gasteiger partial charge in [-0.05, 0) is 90.9 Å². The van der Waals surface area contributed by atoms with Crippen LogP contribution in [-0.4, -0.2) is 9.13 Å². The first kappa shape index (κ1) is 39.3. The summed E-state index contributed by atoms with van der Waals surface area (Å²) in [4.78, 5) is 4.80. The van der Waals surface area contributed by atoms with E-state index in [9.17, 15) is 0 Å². The summed E-state index contributed by atoms with van der Waals surface area (Å²) in [6, 6.07) is 83.2. The van der Waals surface area contributed by atoms with Crippen molar-refractivity contribution in [1.29, 1.82) is 0 Å². The first-order valence-corrected chi connectivity index (χ1v) is 23.3. The molecule has 2 aliphatic rings. The van der Waals surface area contributed by atoms with Crippen LogP contribution < -0.4 is 15.5 Å². The summed E-state index contributed by atoms with van der Waals surface area (Å²) in [6.07, 6.45) is 6.90. The minimum absolute atomic E-state index is 0.729. The molecule has 2 N–H and O–H groups in total. The highest BCUT2D eigenvalue weighted by Crippen LogP contribution is 2.56. The number of rotatable bonds is 7. The summed E-state index contributed by atoms with van der Waals surface area (Å²) in [6.45, 7) is 0. The van der Waals surface area contributed by atoms with Crippen molar-refractivity contribution >= 4 is 61.6 Å². The zero-order valence-electron chi connectivity index (χ0n) is 37.2. The minimum Gasteiger partial charge on any atom is -0.403 e. The van der Waals surface area contributed by atoms with Crippen LogP contribution in [0.4, 0.5) is 34.1 Å². The fraction of sp³-hybridized carbons (Fsp3) is 0.0159. The van der Waals surface area contributed by atoms with Gasteiger partial charge in [-0.25, -0.2) is 0 Å². The second-order valence-electron chi connectivity index (χ2n) is 17.4. The largest absolute Gasteiger partial charge is 0.403 e. The number of para-hydroxylation sites is 8. The van der Waals surface area contributed by atoms with E-state index in [0.717, 1.165) is 68.7 Å². The van der Waals surface area contributed by atoms with Crippen molar-refractivity contribution in [2.75, 3.05) is 9.80 Å². The maximum Gasteiger partial charge on any atom is 0.0641 e. The van der Waals surface area contributed by atoms with E-state index >= 15 is 0 Å². The van der Waals surface area contributed by atoms with Crippen molar-refractivity contribution in [3.63, 3.8) is 0 Å². The van der Waals surface area contributed by atoms with Crippen molar-refractivity contribution in [2.24, 2.45) is 5.73 Å². The highest BCUT2D eigenvalue weighted by Gasteiger charge is 2.33. The van der Waals surface area contributed by atoms with Crippen molar-refractivity contribution < 1.29 is 0 Å². The van der Waals surface area contributed by atoms with Gasteiger partial charge in [0.2, 0.25) is 0 Å². The van der Waals surface area contributed by atoms with Gasteiger partial charge in [-0.3, -0.25) is 0 Å². The Labute approximate surface area is 395 Å². The molecule has 2 aliphatic heterocycles. The van der Waals surface area contributed by atoms with Gasteiger partial charge in [-0.2, -0.15) is 0 Å². The Morgan fingerprint density at radius 3 is 1.37 bits per heavy atom. The standard InChI is InChI=1S/C63H45N5/c64-42-47(68-57-35-16-10-29-51(57)61-49-27-8-14-33-55(49)66(45-23-5-2-6-24-45)59-37-18-12-31-53(59)63(61)68)25-19-20-43-38-40-46(41-39-43)67-56-34-15-9-28-50(56)60-48-26-7-13-32-54(48)65(44-21-3-1-4-22-44)58-36-17-11-30-52(58)62(60)67/h1-19,21-42H,20,64H2/b25-19-,47-42+. The van der Waals surface area contributed by atoms with E-state index in [0.29, 0.717) is 0 Å². The number of nitrogens with zero attached hydrogens (tertiary/aromatic N) is 4. The molecule has 4 heterocycles. The maximum atomic E-state index is 6.68. The molecule has 5 heteroatoms. The van der Waals surface area contributed by atoms with E-state index in [4.69, 9.17) is 5.73 Å². The second kappa shape index (κ2) is 16.1. The number of fused-ring (bicyclic) bond motifs is 14. The molecule has 0 amide bonds. The Morgan fingerprint density at radius 2 is 0.809 bits per heavy atom. The third kappa shape index (κ3) is 6.10. The molecule has 0 spiro atoms. The smallest absolute Gasteiger partial charge is 0.0641 e. The number of anilines is 6. The lowest BCUT2D eigenvalue weighted by Gasteiger charge is -2.27. The highest BCUT2D eigenvalue weighted by atomic mass is 15.2. The molecular formula is C63H45N5. The van der Waals surface area contributed by atoms with Crippen LogP contribution in [0.3, 0.4) is 0 Å². The molecule has 2 aromatic heterocycles.